The van der Waals surface area contributed by atoms with Crippen molar-refractivity contribution in [3.63, 3.8) is 0 Å². The van der Waals surface area contributed by atoms with E-state index in [0.29, 0.717) is 17.1 Å². The second-order valence-corrected chi connectivity index (χ2v) is 6.78. The summed E-state index contributed by atoms with van der Waals surface area (Å²) in [7, 11) is 0. The van der Waals surface area contributed by atoms with Crippen LogP contribution in [0.3, 0.4) is 0 Å². The molecule has 1 aromatic heterocycles. The molecule has 116 valence electrons. The zero-order valence-corrected chi connectivity index (χ0v) is 12.9. The van der Waals surface area contributed by atoms with E-state index in [-0.39, 0.29) is 17.0 Å². The van der Waals surface area contributed by atoms with Gasteiger partial charge in [-0.15, -0.1) is 16.9 Å². The van der Waals surface area contributed by atoms with E-state index in [9.17, 15) is 14.7 Å². The molecule has 0 spiro atoms. The second-order valence-electron chi connectivity index (χ2n) is 4.64. The number of carbonyl (C=O) groups is 2. The van der Waals surface area contributed by atoms with Gasteiger partial charge in [0.25, 0.3) is 0 Å². The number of hydrogen-bond acceptors (Lipinski definition) is 7. The van der Waals surface area contributed by atoms with E-state index >= 15 is 0 Å². The number of H-pyrrole nitrogens is 1. The molecule has 1 aromatic rings. The lowest BCUT2D eigenvalue weighted by Gasteiger charge is -2.47. The molecule has 2 aliphatic rings. The summed E-state index contributed by atoms with van der Waals surface area (Å²) < 4.78 is 0. The molecule has 0 aliphatic carbocycles. The number of hydrogen-bond donors (Lipinski definition) is 3. The summed E-state index contributed by atoms with van der Waals surface area (Å²) in [6.07, 6.45) is 5.21. The molecule has 3 heterocycles. The molecule has 0 bridgehead atoms. The largest absolute Gasteiger partial charge is 0.477 e. The Labute approximate surface area is 134 Å². The van der Waals surface area contributed by atoms with Gasteiger partial charge in [-0.1, -0.05) is 23.9 Å². The number of fused-ring (bicyclic) bond motifs is 1. The third kappa shape index (κ3) is 2.64. The van der Waals surface area contributed by atoms with Crippen LogP contribution >= 0.6 is 23.5 Å². The number of carbonyl (C=O) groups excluding carboxylic acids is 1. The Morgan fingerprint density at radius 1 is 1.68 bits per heavy atom. The molecular weight excluding hydrogens is 326 g/mol. The number of β-lactam (4-membered cyclic amide) rings is 1. The van der Waals surface area contributed by atoms with Crippen molar-refractivity contribution in [2.45, 2.75) is 16.4 Å². The normalized spacial score (nSPS) is 24.6. The van der Waals surface area contributed by atoms with E-state index in [1.165, 1.54) is 28.4 Å². The number of allylic oxidation sites excluding steroid dienone is 1. The summed E-state index contributed by atoms with van der Waals surface area (Å²) in [5.74, 6) is -0.286. The number of nitrogens with zero attached hydrogens (tertiary/aromatic N) is 3. The molecule has 2 aliphatic heterocycles. The molecule has 1 saturated heterocycles. The first kappa shape index (κ1) is 15.1. The number of amides is 1. The average molecular weight is 339 g/mol. The van der Waals surface area contributed by atoms with Crippen LogP contribution in [0, 0.1) is 0 Å². The van der Waals surface area contributed by atoms with Crippen molar-refractivity contribution in [3.05, 3.63) is 29.6 Å². The Morgan fingerprint density at radius 2 is 2.50 bits per heavy atom. The van der Waals surface area contributed by atoms with Gasteiger partial charge in [0.05, 0.1) is 6.20 Å². The lowest BCUT2D eigenvalue weighted by molar-refractivity contribution is -0.147. The molecule has 10 heteroatoms. The Kier molecular flexibility index (Phi) is 4.23. The molecule has 1 amide bonds. The van der Waals surface area contributed by atoms with Crippen LogP contribution in [0.5, 0.6) is 0 Å². The molecule has 4 N–H and O–H groups in total. The molecule has 1 fully saturated rings. The van der Waals surface area contributed by atoms with Crippen LogP contribution in [0.25, 0.3) is 0 Å². The third-order valence-electron chi connectivity index (χ3n) is 3.28. The molecular formula is C12H13N5O3S2. The quantitative estimate of drug-likeness (QED) is 0.507. The summed E-state index contributed by atoms with van der Waals surface area (Å²) >= 11 is 2.96. The van der Waals surface area contributed by atoms with Gasteiger partial charge in [0.15, 0.2) is 0 Å². The number of nitrogens with two attached hydrogens (primary N) is 1. The van der Waals surface area contributed by atoms with Crippen LogP contribution in [0.4, 0.5) is 0 Å². The van der Waals surface area contributed by atoms with Gasteiger partial charge in [0.2, 0.25) is 5.91 Å². The van der Waals surface area contributed by atoms with Crippen LogP contribution in [0.2, 0.25) is 0 Å². The fraction of sp³-hybridized carbons (Fsp3) is 0.333. The molecule has 22 heavy (non-hydrogen) atoms. The van der Waals surface area contributed by atoms with Crippen LogP contribution in [0.1, 0.15) is 0 Å². The zero-order chi connectivity index (χ0) is 15.7. The zero-order valence-electron chi connectivity index (χ0n) is 11.3. The van der Waals surface area contributed by atoms with Crippen LogP contribution < -0.4 is 5.73 Å². The van der Waals surface area contributed by atoms with Crippen LogP contribution in [-0.2, 0) is 9.59 Å². The monoisotopic (exact) mass is 339 g/mol. The Hall–Kier alpha value is -1.78. The van der Waals surface area contributed by atoms with Crippen molar-refractivity contribution < 1.29 is 14.7 Å². The van der Waals surface area contributed by atoms with Gasteiger partial charge >= 0.3 is 5.97 Å². The number of carboxylic acid groups (broad SMARTS) is 1. The lowest BCUT2D eigenvalue weighted by Crippen LogP contribution is -2.68. The maximum Gasteiger partial charge on any atom is 0.352 e. The van der Waals surface area contributed by atoms with E-state index in [2.05, 4.69) is 15.4 Å². The first-order chi connectivity index (χ1) is 10.6. The average Bonchev–Trinajstić information content (AvgIpc) is 3.03. The van der Waals surface area contributed by atoms with Crippen molar-refractivity contribution in [1.82, 2.24) is 20.3 Å². The van der Waals surface area contributed by atoms with Crippen molar-refractivity contribution in [2.24, 2.45) is 5.73 Å². The molecule has 0 saturated carbocycles. The van der Waals surface area contributed by atoms with Crippen molar-refractivity contribution in [3.8, 4) is 0 Å². The van der Waals surface area contributed by atoms with Gasteiger partial charge < -0.3 is 10.8 Å². The predicted molar refractivity (Wildman–Crippen MR) is 82.0 cm³/mol. The van der Waals surface area contributed by atoms with Crippen molar-refractivity contribution in [1.29, 1.82) is 0 Å². The summed E-state index contributed by atoms with van der Waals surface area (Å²) in [6, 6.07) is -0.604. The maximum atomic E-state index is 11.8. The highest BCUT2D eigenvalue weighted by Gasteiger charge is 2.51. The van der Waals surface area contributed by atoms with Gasteiger partial charge in [-0.2, -0.15) is 10.3 Å². The maximum absolute atomic E-state index is 11.8. The SMILES string of the molecule is NC1C(=O)N2C(C(=O)O)=C(C=CCSc3cn[nH]n3)CS[C@@H]12. The first-order valence-electron chi connectivity index (χ1n) is 6.41. The topological polar surface area (TPSA) is 125 Å². The Bertz CT molecular complexity index is 658. The molecule has 1 unspecified atom stereocenters. The van der Waals surface area contributed by atoms with Gasteiger partial charge in [-0.25, -0.2) is 4.79 Å². The minimum Gasteiger partial charge on any atom is -0.477 e. The Morgan fingerprint density at radius 3 is 3.18 bits per heavy atom. The van der Waals surface area contributed by atoms with E-state index < -0.39 is 12.0 Å². The lowest BCUT2D eigenvalue weighted by atomic mass is 10.0. The number of aromatic nitrogens is 3. The van der Waals surface area contributed by atoms with E-state index in [1.807, 2.05) is 6.08 Å². The van der Waals surface area contributed by atoms with E-state index in [1.54, 1.807) is 12.3 Å². The number of nitrogens with one attached hydrogen (secondary N) is 1. The van der Waals surface area contributed by atoms with Gasteiger partial charge in [-0.3, -0.25) is 9.69 Å². The minimum atomic E-state index is -1.10. The van der Waals surface area contributed by atoms with Gasteiger partial charge in [0, 0.05) is 11.5 Å². The molecule has 0 aromatic carbocycles. The fourth-order valence-electron chi connectivity index (χ4n) is 2.25. The summed E-state index contributed by atoms with van der Waals surface area (Å²) in [4.78, 5) is 24.5. The standard InChI is InChI=1S/C12H13N5O3S2/c13-8-10(18)17-9(12(19)20)6(5-22-11(8)17)2-1-3-21-7-4-14-16-15-7/h1-2,4,8,11H,3,5,13H2,(H,19,20)(H,14,15,16)/t8?,11-/m0/s1. The van der Waals surface area contributed by atoms with Crippen molar-refractivity contribution >= 4 is 35.4 Å². The molecule has 0 radical (unpaired) electrons. The summed E-state index contributed by atoms with van der Waals surface area (Å²) in [6.45, 7) is 0. The summed E-state index contributed by atoms with van der Waals surface area (Å²) in [5, 5.41) is 20.0. The molecule has 2 atom stereocenters. The summed E-state index contributed by atoms with van der Waals surface area (Å²) in [5.41, 5.74) is 6.36. The number of thioether (sulfide) groups is 2. The molecule has 8 nitrogen and oxygen atoms in total. The van der Waals surface area contributed by atoms with Crippen LogP contribution in [0.15, 0.2) is 34.6 Å². The van der Waals surface area contributed by atoms with Crippen molar-refractivity contribution in [2.75, 3.05) is 11.5 Å². The smallest absolute Gasteiger partial charge is 0.352 e. The number of rotatable bonds is 5. The van der Waals surface area contributed by atoms with Crippen LogP contribution in [-0.4, -0.2) is 60.2 Å². The fourth-order valence-corrected chi connectivity index (χ4v) is 4.11. The predicted octanol–water partition coefficient (Wildman–Crippen LogP) is 0.0341. The third-order valence-corrected chi connectivity index (χ3v) is 5.46. The number of aliphatic carboxylic acids is 1. The molecule has 3 rings (SSSR count). The second kappa shape index (κ2) is 6.15. The van der Waals surface area contributed by atoms with E-state index in [4.69, 9.17) is 5.73 Å². The highest BCUT2D eigenvalue weighted by Crippen LogP contribution is 2.39. The van der Waals surface area contributed by atoms with E-state index in [0.717, 1.165) is 5.03 Å². The highest BCUT2D eigenvalue weighted by molar-refractivity contribution is 8.00. The number of aromatic amines is 1. The Balaban J connectivity index is 1.72. The van der Waals surface area contributed by atoms with Gasteiger partial charge in [-0.05, 0) is 5.57 Å². The van der Waals surface area contributed by atoms with Gasteiger partial charge in [0.1, 0.15) is 22.1 Å². The minimum absolute atomic E-state index is 0.0399. The highest BCUT2D eigenvalue weighted by atomic mass is 32.2. The first-order valence-corrected chi connectivity index (χ1v) is 8.45. The number of carboxylic acids is 1.